The normalized spacial score (nSPS) is 9.09. The minimum atomic E-state index is -0.0261. The van der Waals surface area contributed by atoms with Gasteiger partial charge in [0.15, 0.2) is 0 Å². The van der Waals surface area contributed by atoms with Gasteiger partial charge in [0.05, 0.1) is 0 Å². The molecule has 0 spiro atoms. The Morgan fingerprint density at radius 3 is 2.73 bits per heavy atom. The first-order valence-corrected chi connectivity index (χ1v) is 2.72. The van der Waals surface area contributed by atoms with Crippen molar-refractivity contribution in [2.45, 2.75) is 0 Å². The predicted molar refractivity (Wildman–Crippen MR) is 37.5 cm³/mol. The molecule has 1 aromatic rings. The van der Waals surface area contributed by atoms with Gasteiger partial charge in [-0.25, -0.2) is 0 Å². The van der Waals surface area contributed by atoms with Gasteiger partial charge in [-0.3, -0.25) is 4.79 Å². The summed E-state index contributed by atoms with van der Waals surface area (Å²) in [5.74, 6) is 0.182. The van der Waals surface area contributed by atoms with Gasteiger partial charge in [-0.2, -0.15) is 9.97 Å². The molecule has 0 radical (unpaired) electrons. The summed E-state index contributed by atoms with van der Waals surface area (Å²) in [5, 5.41) is 0. The molecule has 0 aromatic carbocycles. The zero-order chi connectivity index (χ0) is 8.27. The van der Waals surface area contributed by atoms with E-state index in [1.165, 1.54) is 6.07 Å². The molecule has 58 valence electrons. The summed E-state index contributed by atoms with van der Waals surface area (Å²) in [5.41, 5.74) is 10.5. The lowest BCUT2D eigenvalue weighted by molar-refractivity contribution is -0.120. The summed E-state index contributed by atoms with van der Waals surface area (Å²) >= 11 is 0. The Labute approximate surface area is 62.2 Å². The van der Waals surface area contributed by atoms with Crippen molar-refractivity contribution in [1.82, 2.24) is 9.97 Å². The van der Waals surface area contributed by atoms with E-state index >= 15 is 0 Å². The molecular weight excluding hydrogens is 148 g/mol. The van der Waals surface area contributed by atoms with Gasteiger partial charge in [0.25, 0.3) is 6.47 Å². The molecule has 4 N–H and O–H groups in total. The molecule has 0 aliphatic heterocycles. The van der Waals surface area contributed by atoms with E-state index in [1.54, 1.807) is 0 Å². The molecule has 0 saturated heterocycles. The highest BCUT2D eigenvalue weighted by molar-refractivity contribution is 5.46. The van der Waals surface area contributed by atoms with Crippen molar-refractivity contribution in [2.24, 2.45) is 0 Å². The Bertz CT molecular complexity index is 255. The molecule has 0 amide bonds. The molecule has 0 bridgehead atoms. The second-order valence-corrected chi connectivity index (χ2v) is 1.70. The van der Waals surface area contributed by atoms with Gasteiger partial charge in [0.1, 0.15) is 5.82 Å². The van der Waals surface area contributed by atoms with Crippen LogP contribution in [0, 0.1) is 0 Å². The number of hydrogen-bond donors (Lipinski definition) is 2. The van der Waals surface area contributed by atoms with Crippen molar-refractivity contribution < 1.29 is 9.53 Å². The van der Waals surface area contributed by atoms with Crippen LogP contribution in [-0.4, -0.2) is 16.4 Å². The maximum atomic E-state index is 9.83. The standard InChI is InChI=1S/C5H6N4O2/c6-3-1-4(11-2-10)9-5(7)8-3/h1-2H,(H4,6,7,8,9). The Hall–Kier alpha value is -1.85. The number of nitrogen functional groups attached to an aromatic ring is 2. The summed E-state index contributed by atoms with van der Waals surface area (Å²) in [6.45, 7) is 0.237. The van der Waals surface area contributed by atoms with Crippen LogP contribution in [0.4, 0.5) is 11.8 Å². The Kier molecular flexibility index (Phi) is 1.86. The van der Waals surface area contributed by atoms with Gasteiger partial charge in [0, 0.05) is 6.07 Å². The maximum absolute atomic E-state index is 9.83. The Morgan fingerprint density at radius 2 is 2.18 bits per heavy atom. The topological polar surface area (TPSA) is 104 Å². The van der Waals surface area contributed by atoms with E-state index in [2.05, 4.69) is 14.7 Å². The van der Waals surface area contributed by atoms with Crippen LogP contribution in [0.3, 0.4) is 0 Å². The highest BCUT2D eigenvalue weighted by Gasteiger charge is 1.98. The van der Waals surface area contributed by atoms with Gasteiger partial charge >= 0.3 is 0 Å². The molecule has 0 atom stereocenters. The third-order valence-electron chi connectivity index (χ3n) is 0.909. The smallest absolute Gasteiger partial charge is 0.299 e. The second kappa shape index (κ2) is 2.82. The fourth-order valence-electron chi connectivity index (χ4n) is 0.571. The van der Waals surface area contributed by atoms with E-state index in [1.807, 2.05) is 0 Å². The number of carbonyl (C=O) groups excluding carboxylic acids is 1. The number of ether oxygens (including phenoxy) is 1. The van der Waals surface area contributed by atoms with Crippen LogP contribution < -0.4 is 16.2 Å². The molecule has 0 fully saturated rings. The molecule has 1 heterocycles. The third kappa shape index (κ3) is 1.78. The van der Waals surface area contributed by atoms with Crippen LogP contribution in [0.5, 0.6) is 5.88 Å². The van der Waals surface area contributed by atoms with Crippen molar-refractivity contribution >= 4 is 18.2 Å². The Balaban J connectivity index is 2.98. The first-order valence-electron chi connectivity index (χ1n) is 2.72. The number of nitrogens with zero attached hydrogens (tertiary/aromatic N) is 2. The molecule has 6 nitrogen and oxygen atoms in total. The molecule has 0 unspecified atom stereocenters. The van der Waals surface area contributed by atoms with Crippen LogP contribution in [0.1, 0.15) is 0 Å². The zero-order valence-electron chi connectivity index (χ0n) is 5.52. The molecule has 0 aliphatic rings. The van der Waals surface area contributed by atoms with Crippen LogP contribution in [-0.2, 0) is 4.79 Å². The summed E-state index contributed by atoms with van der Waals surface area (Å²) in [6, 6.07) is 1.30. The number of rotatable bonds is 2. The Morgan fingerprint density at radius 1 is 1.45 bits per heavy atom. The zero-order valence-corrected chi connectivity index (χ0v) is 5.52. The van der Waals surface area contributed by atoms with E-state index in [4.69, 9.17) is 11.5 Å². The third-order valence-corrected chi connectivity index (χ3v) is 0.909. The average molecular weight is 154 g/mol. The predicted octanol–water partition coefficient (Wildman–Crippen LogP) is -0.824. The summed E-state index contributed by atoms with van der Waals surface area (Å²) in [4.78, 5) is 17.0. The monoisotopic (exact) mass is 154 g/mol. The van der Waals surface area contributed by atoms with E-state index < -0.39 is 0 Å². The van der Waals surface area contributed by atoms with Crippen molar-refractivity contribution in [3.63, 3.8) is 0 Å². The number of hydrogen-bond acceptors (Lipinski definition) is 6. The molecule has 1 aromatic heterocycles. The lowest BCUT2D eigenvalue weighted by atomic mass is 10.6. The molecule has 1 rings (SSSR count). The first-order chi connectivity index (χ1) is 5.22. The number of anilines is 2. The highest BCUT2D eigenvalue weighted by Crippen LogP contribution is 2.10. The molecule has 11 heavy (non-hydrogen) atoms. The molecule has 0 aliphatic carbocycles. The van der Waals surface area contributed by atoms with Gasteiger partial charge in [-0.15, -0.1) is 0 Å². The minimum Gasteiger partial charge on any atom is -0.409 e. The molecular formula is C5H6N4O2. The summed E-state index contributed by atoms with van der Waals surface area (Å²) in [7, 11) is 0. The van der Waals surface area contributed by atoms with Gasteiger partial charge in [-0.05, 0) is 0 Å². The van der Waals surface area contributed by atoms with E-state index in [9.17, 15) is 4.79 Å². The second-order valence-electron chi connectivity index (χ2n) is 1.70. The largest absolute Gasteiger partial charge is 0.409 e. The quantitative estimate of drug-likeness (QED) is 0.539. The molecule has 6 heteroatoms. The number of aromatic nitrogens is 2. The average Bonchev–Trinajstić information content (AvgIpc) is 1.85. The minimum absolute atomic E-state index is 0.0261. The number of carbonyl (C=O) groups is 1. The van der Waals surface area contributed by atoms with Crippen molar-refractivity contribution in [3.8, 4) is 5.88 Å². The highest BCUT2D eigenvalue weighted by atomic mass is 16.5. The van der Waals surface area contributed by atoms with Crippen molar-refractivity contribution in [3.05, 3.63) is 6.07 Å². The summed E-state index contributed by atoms with van der Waals surface area (Å²) < 4.78 is 4.38. The van der Waals surface area contributed by atoms with Crippen molar-refractivity contribution in [1.29, 1.82) is 0 Å². The fraction of sp³-hybridized carbons (Fsp3) is 0. The fourth-order valence-corrected chi connectivity index (χ4v) is 0.571. The van der Waals surface area contributed by atoms with E-state index in [0.29, 0.717) is 0 Å². The lowest BCUT2D eigenvalue weighted by Crippen LogP contribution is -2.01. The van der Waals surface area contributed by atoms with Gasteiger partial charge < -0.3 is 16.2 Å². The van der Waals surface area contributed by atoms with Crippen LogP contribution in [0.2, 0.25) is 0 Å². The van der Waals surface area contributed by atoms with Gasteiger partial charge in [-0.1, -0.05) is 0 Å². The van der Waals surface area contributed by atoms with Crippen LogP contribution >= 0.6 is 0 Å². The first kappa shape index (κ1) is 7.26. The SMILES string of the molecule is Nc1cc(OC=O)nc(N)n1. The number of nitrogens with two attached hydrogens (primary N) is 2. The van der Waals surface area contributed by atoms with Gasteiger partial charge in [0.2, 0.25) is 11.8 Å². The van der Waals surface area contributed by atoms with E-state index in [-0.39, 0.29) is 24.1 Å². The summed E-state index contributed by atoms with van der Waals surface area (Å²) in [6.07, 6.45) is 0. The van der Waals surface area contributed by atoms with E-state index in [0.717, 1.165) is 0 Å². The maximum Gasteiger partial charge on any atom is 0.299 e. The van der Waals surface area contributed by atoms with Crippen LogP contribution in [0.15, 0.2) is 6.07 Å². The molecule has 0 saturated carbocycles. The van der Waals surface area contributed by atoms with Crippen LogP contribution in [0.25, 0.3) is 0 Å². The van der Waals surface area contributed by atoms with Crippen molar-refractivity contribution in [2.75, 3.05) is 11.5 Å². The lowest BCUT2D eigenvalue weighted by Gasteiger charge is -1.98.